The molecule has 15 heavy (non-hydrogen) atoms. The average molecular weight is 204 g/mol. The second-order valence-corrected chi connectivity index (χ2v) is 3.49. The van der Waals surface area contributed by atoms with Gasteiger partial charge in [0, 0.05) is 13.6 Å². The SMILES string of the molecule is CCCCN(C)c1ccc(N)c(C#N)n1. The number of nitrogens with zero attached hydrogens (tertiary/aromatic N) is 3. The number of rotatable bonds is 4. The van der Waals surface area contributed by atoms with Gasteiger partial charge >= 0.3 is 0 Å². The fourth-order valence-corrected chi connectivity index (χ4v) is 1.27. The smallest absolute Gasteiger partial charge is 0.165 e. The molecule has 4 heteroatoms. The monoisotopic (exact) mass is 204 g/mol. The van der Waals surface area contributed by atoms with Crippen molar-refractivity contribution >= 4 is 11.5 Å². The summed E-state index contributed by atoms with van der Waals surface area (Å²) in [4.78, 5) is 6.21. The minimum Gasteiger partial charge on any atom is -0.396 e. The molecular formula is C11H16N4. The number of unbranched alkanes of at least 4 members (excludes halogenated alkanes) is 1. The summed E-state index contributed by atoms with van der Waals surface area (Å²) in [6.07, 6.45) is 2.26. The molecule has 1 rings (SSSR count). The van der Waals surface area contributed by atoms with E-state index in [-0.39, 0.29) is 0 Å². The standard InChI is InChI=1S/C11H16N4/c1-3-4-7-15(2)11-6-5-9(13)10(8-12)14-11/h5-6H,3-4,7,13H2,1-2H3. The van der Waals surface area contributed by atoms with Crippen LogP contribution < -0.4 is 10.6 Å². The predicted molar refractivity (Wildman–Crippen MR) is 61.5 cm³/mol. The lowest BCUT2D eigenvalue weighted by molar-refractivity contribution is 0.759. The summed E-state index contributed by atoms with van der Waals surface area (Å²) in [5.41, 5.74) is 6.33. The first-order chi connectivity index (χ1) is 7.19. The van der Waals surface area contributed by atoms with Crippen LogP contribution >= 0.6 is 0 Å². The average Bonchev–Trinajstić information content (AvgIpc) is 2.26. The number of nitriles is 1. The highest BCUT2D eigenvalue weighted by atomic mass is 15.2. The molecule has 2 N–H and O–H groups in total. The first-order valence-electron chi connectivity index (χ1n) is 5.06. The molecule has 0 saturated carbocycles. The topological polar surface area (TPSA) is 65.9 Å². The van der Waals surface area contributed by atoms with Crippen LogP contribution in [0.3, 0.4) is 0 Å². The minimum atomic E-state index is 0.302. The number of pyridine rings is 1. The van der Waals surface area contributed by atoms with Crippen molar-refractivity contribution in [3.63, 3.8) is 0 Å². The maximum atomic E-state index is 8.79. The van der Waals surface area contributed by atoms with E-state index in [1.54, 1.807) is 6.07 Å². The van der Waals surface area contributed by atoms with E-state index in [9.17, 15) is 0 Å². The Hall–Kier alpha value is -1.76. The van der Waals surface area contributed by atoms with Gasteiger partial charge in [0.1, 0.15) is 11.9 Å². The molecule has 0 bridgehead atoms. The van der Waals surface area contributed by atoms with E-state index in [1.165, 1.54) is 0 Å². The van der Waals surface area contributed by atoms with Crippen molar-refractivity contribution in [2.45, 2.75) is 19.8 Å². The van der Waals surface area contributed by atoms with Crippen LogP contribution in [0.4, 0.5) is 11.5 Å². The number of nitrogens with two attached hydrogens (primary N) is 1. The molecule has 1 aromatic rings. The summed E-state index contributed by atoms with van der Waals surface area (Å²) < 4.78 is 0. The van der Waals surface area contributed by atoms with Crippen LogP contribution in [-0.4, -0.2) is 18.6 Å². The third-order valence-corrected chi connectivity index (χ3v) is 2.26. The summed E-state index contributed by atoms with van der Waals surface area (Å²) in [6, 6.07) is 5.55. The van der Waals surface area contributed by atoms with Gasteiger partial charge in [0.15, 0.2) is 5.69 Å². The Morgan fingerprint density at radius 1 is 1.53 bits per heavy atom. The highest BCUT2D eigenvalue weighted by molar-refractivity contribution is 5.55. The third-order valence-electron chi connectivity index (χ3n) is 2.26. The van der Waals surface area contributed by atoms with Gasteiger partial charge in [-0.1, -0.05) is 13.3 Å². The van der Waals surface area contributed by atoms with Crippen LogP contribution in [0.5, 0.6) is 0 Å². The molecule has 1 aromatic heterocycles. The number of hydrogen-bond donors (Lipinski definition) is 1. The Morgan fingerprint density at radius 2 is 2.27 bits per heavy atom. The van der Waals surface area contributed by atoms with Crippen molar-refractivity contribution < 1.29 is 0 Å². The zero-order valence-electron chi connectivity index (χ0n) is 9.20. The molecule has 0 amide bonds. The number of anilines is 2. The Balaban J connectivity index is 2.82. The maximum Gasteiger partial charge on any atom is 0.165 e. The van der Waals surface area contributed by atoms with Crippen LogP contribution in [0.1, 0.15) is 25.5 Å². The van der Waals surface area contributed by atoms with Gasteiger partial charge in [0.05, 0.1) is 5.69 Å². The van der Waals surface area contributed by atoms with Crippen LogP contribution in [-0.2, 0) is 0 Å². The van der Waals surface area contributed by atoms with Gasteiger partial charge in [0.25, 0.3) is 0 Å². The Kier molecular flexibility index (Phi) is 3.92. The van der Waals surface area contributed by atoms with Crippen molar-refractivity contribution in [1.82, 2.24) is 4.98 Å². The zero-order valence-corrected chi connectivity index (χ0v) is 9.20. The van der Waals surface area contributed by atoms with Crippen molar-refractivity contribution in [2.75, 3.05) is 24.2 Å². The maximum absolute atomic E-state index is 8.79. The Bertz CT molecular complexity index is 367. The minimum absolute atomic E-state index is 0.302. The van der Waals surface area contributed by atoms with E-state index in [0.717, 1.165) is 25.2 Å². The first kappa shape index (κ1) is 11.3. The lowest BCUT2D eigenvalue weighted by Gasteiger charge is -2.17. The van der Waals surface area contributed by atoms with Crippen LogP contribution in [0, 0.1) is 11.3 Å². The van der Waals surface area contributed by atoms with Crippen molar-refractivity contribution in [3.05, 3.63) is 17.8 Å². The lowest BCUT2D eigenvalue weighted by Crippen LogP contribution is -2.19. The van der Waals surface area contributed by atoms with E-state index in [2.05, 4.69) is 11.9 Å². The molecule has 0 radical (unpaired) electrons. The molecule has 0 aliphatic carbocycles. The molecule has 4 nitrogen and oxygen atoms in total. The molecule has 80 valence electrons. The van der Waals surface area contributed by atoms with Crippen molar-refractivity contribution in [3.8, 4) is 6.07 Å². The summed E-state index contributed by atoms with van der Waals surface area (Å²) in [7, 11) is 1.97. The molecule has 1 heterocycles. The third kappa shape index (κ3) is 2.84. The molecule has 0 fully saturated rings. The van der Waals surface area contributed by atoms with Gasteiger partial charge < -0.3 is 10.6 Å². The largest absolute Gasteiger partial charge is 0.396 e. The quantitative estimate of drug-likeness (QED) is 0.811. The molecule has 0 aliphatic heterocycles. The molecule has 0 saturated heterocycles. The number of aromatic nitrogens is 1. The molecule has 0 aliphatic rings. The summed E-state index contributed by atoms with van der Waals surface area (Å²) >= 11 is 0. The fourth-order valence-electron chi connectivity index (χ4n) is 1.27. The fraction of sp³-hybridized carbons (Fsp3) is 0.455. The highest BCUT2D eigenvalue weighted by Crippen LogP contribution is 2.15. The summed E-state index contributed by atoms with van der Waals surface area (Å²) in [5, 5.41) is 8.79. The van der Waals surface area contributed by atoms with Crippen LogP contribution in [0.25, 0.3) is 0 Å². The van der Waals surface area contributed by atoms with Gasteiger partial charge in [-0.05, 0) is 18.6 Å². The second kappa shape index (κ2) is 5.20. The van der Waals surface area contributed by atoms with Crippen LogP contribution in [0.2, 0.25) is 0 Å². The van der Waals surface area contributed by atoms with Gasteiger partial charge in [-0.25, -0.2) is 4.98 Å². The first-order valence-corrected chi connectivity index (χ1v) is 5.06. The van der Waals surface area contributed by atoms with E-state index in [4.69, 9.17) is 11.0 Å². The van der Waals surface area contributed by atoms with Gasteiger partial charge in [0.2, 0.25) is 0 Å². The predicted octanol–water partition coefficient (Wildman–Crippen LogP) is 1.77. The molecule has 0 atom stereocenters. The van der Waals surface area contributed by atoms with E-state index >= 15 is 0 Å². The molecular weight excluding hydrogens is 188 g/mol. The van der Waals surface area contributed by atoms with Crippen molar-refractivity contribution in [2.24, 2.45) is 0 Å². The normalized spacial score (nSPS) is 9.67. The van der Waals surface area contributed by atoms with Gasteiger partial charge in [-0.2, -0.15) is 5.26 Å². The number of hydrogen-bond acceptors (Lipinski definition) is 4. The highest BCUT2D eigenvalue weighted by Gasteiger charge is 2.05. The summed E-state index contributed by atoms with van der Waals surface area (Å²) in [5.74, 6) is 0.800. The van der Waals surface area contributed by atoms with Gasteiger partial charge in [-0.15, -0.1) is 0 Å². The Labute approximate surface area is 90.3 Å². The zero-order chi connectivity index (χ0) is 11.3. The van der Waals surface area contributed by atoms with E-state index in [1.807, 2.05) is 24.1 Å². The van der Waals surface area contributed by atoms with E-state index in [0.29, 0.717) is 11.4 Å². The molecule has 0 spiro atoms. The second-order valence-electron chi connectivity index (χ2n) is 3.49. The number of nitrogen functional groups attached to an aromatic ring is 1. The molecule has 0 aromatic carbocycles. The Morgan fingerprint density at radius 3 is 2.87 bits per heavy atom. The lowest BCUT2D eigenvalue weighted by atomic mass is 10.3. The summed E-state index contributed by atoms with van der Waals surface area (Å²) in [6.45, 7) is 3.09. The van der Waals surface area contributed by atoms with E-state index < -0.39 is 0 Å². The van der Waals surface area contributed by atoms with Crippen molar-refractivity contribution in [1.29, 1.82) is 5.26 Å². The van der Waals surface area contributed by atoms with Crippen LogP contribution in [0.15, 0.2) is 12.1 Å². The van der Waals surface area contributed by atoms with Gasteiger partial charge in [-0.3, -0.25) is 0 Å². The molecule has 0 unspecified atom stereocenters.